The largest absolute Gasteiger partial charge is 0.504 e. The Kier molecular flexibility index (Phi) is 2.46. The summed E-state index contributed by atoms with van der Waals surface area (Å²) in [5.41, 5.74) is 0.317. The summed E-state index contributed by atoms with van der Waals surface area (Å²) in [5.74, 6) is -2.17. The van der Waals surface area contributed by atoms with Crippen LogP contribution in [-0.2, 0) is 9.59 Å². The van der Waals surface area contributed by atoms with Crippen molar-refractivity contribution in [3.05, 3.63) is 36.1 Å². The van der Waals surface area contributed by atoms with E-state index in [1.54, 1.807) is 6.92 Å². The van der Waals surface area contributed by atoms with Crippen molar-refractivity contribution in [2.24, 2.45) is 5.92 Å². The molecule has 0 spiro atoms. The summed E-state index contributed by atoms with van der Waals surface area (Å²) in [6.45, 7) is 4.99. The van der Waals surface area contributed by atoms with Gasteiger partial charge in [0.2, 0.25) is 5.78 Å². The lowest BCUT2D eigenvalue weighted by Gasteiger charge is -2.12. The highest BCUT2D eigenvalue weighted by Gasteiger charge is 2.28. The zero-order valence-corrected chi connectivity index (χ0v) is 7.28. The maximum absolute atomic E-state index is 11.3. The van der Waals surface area contributed by atoms with Crippen molar-refractivity contribution in [3.8, 4) is 0 Å². The van der Waals surface area contributed by atoms with Crippen molar-refractivity contribution >= 4 is 11.6 Å². The van der Waals surface area contributed by atoms with Crippen molar-refractivity contribution in [2.45, 2.75) is 6.92 Å². The molecule has 13 heavy (non-hydrogen) atoms. The highest BCUT2D eigenvalue weighted by atomic mass is 16.3. The van der Waals surface area contributed by atoms with Gasteiger partial charge < -0.3 is 5.11 Å². The molecule has 3 nitrogen and oxygen atoms in total. The van der Waals surface area contributed by atoms with E-state index >= 15 is 0 Å². The van der Waals surface area contributed by atoms with Crippen LogP contribution in [-0.4, -0.2) is 16.7 Å². The highest BCUT2D eigenvalue weighted by molar-refractivity contribution is 6.16. The Bertz CT molecular complexity index is 326. The van der Waals surface area contributed by atoms with Crippen LogP contribution < -0.4 is 0 Å². The van der Waals surface area contributed by atoms with Gasteiger partial charge in [0.05, 0.1) is 0 Å². The summed E-state index contributed by atoms with van der Waals surface area (Å²) < 4.78 is 0. The molecule has 0 aromatic carbocycles. The fraction of sp³-hybridized carbons (Fsp3) is 0.200. The number of aliphatic hydroxyl groups excluding tert-OH is 1. The number of hydrogen-bond donors (Lipinski definition) is 1. The van der Waals surface area contributed by atoms with Gasteiger partial charge in [0.15, 0.2) is 11.5 Å². The molecule has 0 aliphatic heterocycles. The molecule has 0 amide bonds. The van der Waals surface area contributed by atoms with Gasteiger partial charge in [0, 0.05) is 0 Å². The van der Waals surface area contributed by atoms with Gasteiger partial charge in [0.25, 0.3) is 0 Å². The Morgan fingerprint density at radius 3 is 2.77 bits per heavy atom. The number of rotatable bonds is 2. The van der Waals surface area contributed by atoms with Crippen molar-refractivity contribution in [2.75, 3.05) is 0 Å². The topological polar surface area (TPSA) is 54.4 Å². The van der Waals surface area contributed by atoms with Gasteiger partial charge in [-0.05, 0) is 18.6 Å². The van der Waals surface area contributed by atoms with Crippen molar-refractivity contribution < 1.29 is 14.7 Å². The van der Waals surface area contributed by atoms with Crippen LogP contribution in [0.5, 0.6) is 0 Å². The number of carbonyl (C=O) groups excluding carboxylic acids is 2. The van der Waals surface area contributed by atoms with Gasteiger partial charge >= 0.3 is 0 Å². The molecule has 1 unspecified atom stereocenters. The summed E-state index contributed by atoms with van der Waals surface area (Å²) in [5, 5.41) is 9.06. The second kappa shape index (κ2) is 3.39. The smallest absolute Gasteiger partial charge is 0.211 e. The van der Waals surface area contributed by atoms with Crippen LogP contribution in [0.25, 0.3) is 0 Å². The average molecular weight is 178 g/mol. The highest BCUT2D eigenvalue weighted by Crippen LogP contribution is 2.16. The molecule has 0 radical (unpaired) electrons. The Morgan fingerprint density at radius 2 is 2.23 bits per heavy atom. The Balaban J connectivity index is 2.92. The molecule has 0 aromatic heterocycles. The summed E-state index contributed by atoms with van der Waals surface area (Å²) in [6.07, 6.45) is 4.21. The number of ketones is 2. The van der Waals surface area contributed by atoms with Gasteiger partial charge in [-0.25, -0.2) is 0 Å². The third-order valence-corrected chi connectivity index (χ3v) is 1.80. The second-order valence-corrected chi connectivity index (χ2v) is 2.92. The molecule has 0 aromatic rings. The summed E-state index contributed by atoms with van der Waals surface area (Å²) in [6, 6.07) is 0. The van der Waals surface area contributed by atoms with Gasteiger partial charge in [-0.1, -0.05) is 18.7 Å². The molecule has 0 saturated heterocycles. The first-order chi connectivity index (χ1) is 6.04. The Morgan fingerprint density at radius 1 is 1.62 bits per heavy atom. The monoisotopic (exact) mass is 178 g/mol. The molecule has 0 fully saturated rings. The molecular weight excluding hydrogens is 168 g/mol. The van der Waals surface area contributed by atoms with Gasteiger partial charge in [0.1, 0.15) is 5.92 Å². The van der Waals surface area contributed by atoms with E-state index < -0.39 is 11.7 Å². The average Bonchev–Trinajstić information content (AvgIpc) is 2.08. The molecule has 3 heteroatoms. The molecule has 1 N–H and O–H groups in total. The summed E-state index contributed by atoms with van der Waals surface area (Å²) in [4.78, 5) is 22.6. The molecule has 0 saturated carbocycles. The molecule has 1 atom stereocenters. The minimum atomic E-state index is -0.887. The Hall–Kier alpha value is -1.64. The maximum Gasteiger partial charge on any atom is 0.211 e. The lowest BCUT2D eigenvalue weighted by Crippen LogP contribution is -2.25. The van der Waals surface area contributed by atoms with Crippen LogP contribution in [0.15, 0.2) is 36.1 Å². The van der Waals surface area contributed by atoms with E-state index in [1.165, 1.54) is 18.2 Å². The number of carbonyl (C=O) groups is 2. The van der Waals surface area contributed by atoms with Crippen LogP contribution >= 0.6 is 0 Å². The predicted octanol–water partition coefficient (Wildman–Crippen LogP) is 1.33. The Labute approximate surface area is 76.1 Å². The standard InChI is InChI=1S/C10H10O3/c1-6(2)9(12)7-4-3-5-8(11)10(7)13/h3-5,7,11H,1H2,2H3. The number of allylic oxidation sites excluding steroid dienone is 5. The molecule has 0 heterocycles. The fourth-order valence-electron chi connectivity index (χ4n) is 1.06. The molecule has 0 bridgehead atoms. The van der Waals surface area contributed by atoms with Crippen molar-refractivity contribution in [1.82, 2.24) is 0 Å². The lowest BCUT2D eigenvalue weighted by atomic mass is 9.91. The third-order valence-electron chi connectivity index (χ3n) is 1.80. The van der Waals surface area contributed by atoms with Crippen LogP contribution in [0.4, 0.5) is 0 Å². The number of hydrogen-bond acceptors (Lipinski definition) is 3. The van der Waals surface area contributed by atoms with Gasteiger partial charge in [-0.3, -0.25) is 9.59 Å². The number of aliphatic hydroxyl groups is 1. The van der Waals surface area contributed by atoms with Crippen LogP contribution in [0.2, 0.25) is 0 Å². The zero-order valence-electron chi connectivity index (χ0n) is 7.28. The van der Waals surface area contributed by atoms with Crippen molar-refractivity contribution in [3.63, 3.8) is 0 Å². The summed E-state index contributed by atoms with van der Waals surface area (Å²) >= 11 is 0. The maximum atomic E-state index is 11.3. The quantitative estimate of drug-likeness (QED) is 0.512. The zero-order chi connectivity index (χ0) is 10.0. The predicted molar refractivity (Wildman–Crippen MR) is 48.2 cm³/mol. The van der Waals surface area contributed by atoms with E-state index in [4.69, 9.17) is 5.11 Å². The van der Waals surface area contributed by atoms with Gasteiger partial charge in [-0.2, -0.15) is 0 Å². The van der Waals surface area contributed by atoms with E-state index in [2.05, 4.69) is 6.58 Å². The SMILES string of the molecule is C=C(C)C(=O)C1C=CC=C(O)C1=O. The van der Waals surface area contributed by atoms with E-state index in [0.29, 0.717) is 5.57 Å². The molecule has 1 aliphatic carbocycles. The fourth-order valence-corrected chi connectivity index (χ4v) is 1.06. The first-order valence-corrected chi connectivity index (χ1v) is 3.85. The lowest BCUT2D eigenvalue weighted by molar-refractivity contribution is -0.128. The second-order valence-electron chi connectivity index (χ2n) is 2.92. The summed E-state index contributed by atoms with van der Waals surface area (Å²) in [7, 11) is 0. The molecule has 68 valence electrons. The van der Waals surface area contributed by atoms with E-state index in [0.717, 1.165) is 0 Å². The van der Waals surface area contributed by atoms with Gasteiger partial charge in [-0.15, -0.1) is 0 Å². The van der Waals surface area contributed by atoms with Crippen LogP contribution in [0.3, 0.4) is 0 Å². The molecule has 1 aliphatic rings. The van der Waals surface area contributed by atoms with Crippen LogP contribution in [0.1, 0.15) is 6.92 Å². The molecule has 1 rings (SSSR count). The van der Waals surface area contributed by atoms with E-state index in [1.807, 2.05) is 0 Å². The van der Waals surface area contributed by atoms with E-state index in [-0.39, 0.29) is 11.5 Å². The van der Waals surface area contributed by atoms with Crippen LogP contribution in [0, 0.1) is 5.92 Å². The first kappa shape index (κ1) is 9.45. The number of Topliss-reactive ketones (excluding diaryl/α,β-unsaturated/α-hetero) is 2. The van der Waals surface area contributed by atoms with E-state index in [9.17, 15) is 9.59 Å². The molecular formula is C10H10O3. The normalized spacial score (nSPS) is 21.2. The van der Waals surface area contributed by atoms with Crippen molar-refractivity contribution in [1.29, 1.82) is 0 Å². The minimum Gasteiger partial charge on any atom is -0.504 e. The minimum absolute atomic E-state index is 0.317. The first-order valence-electron chi connectivity index (χ1n) is 3.85. The third kappa shape index (κ3) is 1.75.